The van der Waals surface area contributed by atoms with Crippen LogP contribution in [-0.4, -0.2) is 51.5 Å². The van der Waals surface area contributed by atoms with Crippen LogP contribution in [0.5, 0.6) is 0 Å². The SMILES string of the molecule is C=C1C(=O)[C@]23C[C@H]1C[C@H](O)C2[C@@]1(C)CC[C@H](O)C(C)(C)[C@H]1[C@@H](OC(C)=O)[C@@H]3O. The zero-order valence-electron chi connectivity index (χ0n) is 17.1. The first-order chi connectivity index (χ1) is 12.9. The van der Waals surface area contributed by atoms with Crippen LogP contribution >= 0.6 is 0 Å². The summed E-state index contributed by atoms with van der Waals surface area (Å²) in [5.74, 6) is -1.69. The van der Waals surface area contributed by atoms with Crippen LogP contribution in [0.15, 0.2) is 12.2 Å². The minimum Gasteiger partial charge on any atom is -0.459 e. The van der Waals surface area contributed by atoms with Crippen molar-refractivity contribution in [2.75, 3.05) is 0 Å². The van der Waals surface area contributed by atoms with Crippen molar-refractivity contribution in [3.63, 3.8) is 0 Å². The summed E-state index contributed by atoms with van der Waals surface area (Å²) in [5.41, 5.74) is -1.92. The van der Waals surface area contributed by atoms with E-state index in [1.54, 1.807) is 0 Å². The first-order valence-corrected chi connectivity index (χ1v) is 10.3. The smallest absolute Gasteiger partial charge is 0.303 e. The number of ketones is 1. The highest BCUT2D eigenvalue weighted by Crippen LogP contribution is 2.71. The number of aliphatic hydroxyl groups excluding tert-OH is 3. The van der Waals surface area contributed by atoms with Crippen LogP contribution in [0.2, 0.25) is 0 Å². The zero-order valence-corrected chi connectivity index (χ0v) is 17.1. The van der Waals surface area contributed by atoms with Gasteiger partial charge in [0.2, 0.25) is 0 Å². The molecule has 6 heteroatoms. The van der Waals surface area contributed by atoms with Crippen LogP contribution < -0.4 is 0 Å². The van der Waals surface area contributed by atoms with Crippen molar-refractivity contribution >= 4 is 11.8 Å². The molecule has 4 fully saturated rings. The molecule has 0 amide bonds. The van der Waals surface area contributed by atoms with Gasteiger partial charge in [0.25, 0.3) is 0 Å². The van der Waals surface area contributed by atoms with Gasteiger partial charge in [0.05, 0.1) is 17.6 Å². The van der Waals surface area contributed by atoms with Gasteiger partial charge in [0.15, 0.2) is 5.78 Å². The van der Waals surface area contributed by atoms with Gasteiger partial charge in [0.1, 0.15) is 12.2 Å². The Morgan fingerprint density at radius 1 is 1.18 bits per heavy atom. The lowest BCUT2D eigenvalue weighted by molar-refractivity contribution is -0.281. The highest BCUT2D eigenvalue weighted by molar-refractivity contribution is 6.03. The van der Waals surface area contributed by atoms with E-state index in [0.29, 0.717) is 31.3 Å². The summed E-state index contributed by atoms with van der Waals surface area (Å²) in [6, 6.07) is 0. The number of carbonyl (C=O) groups excluding carboxylic acids is 2. The molecule has 0 aliphatic heterocycles. The van der Waals surface area contributed by atoms with Gasteiger partial charge < -0.3 is 20.1 Å². The van der Waals surface area contributed by atoms with Gasteiger partial charge in [-0.05, 0) is 48.0 Å². The first-order valence-electron chi connectivity index (χ1n) is 10.3. The molecule has 0 saturated heterocycles. The monoisotopic (exact) mass is 392 g/mol. The zero-order chi connectivity index (χ0) is 20.8. The summed E-state index contributed by atoms with van der Waals surface area (Å²) < 4.78 is 5.67. The van der Waals surface area contributed by atoms with E-state index in [-0.39, 0.29) is 17.6 Å². The molecule has 4 rings (SSSR count). The van der Waals surface area contributed by atoms with Gasteiger partial charge in [0, 0.05) is 18.8 Å². The molecule has 0 aromatic carbocycles. The van der Waals surface area contributed by atoms with Gasteiger partial charge in [-0.15, -0.1) is 0 Å². The molecule has 6 nitrogen and oxygen atoms in total. The molecule has 0 aromatic heterocycles. The van der Waals surface area contributed by atoms with Gasteiger partial charge >= 0.3 is 5.97 Å². The van der Waals surface area contributed by atoms with Crippen LogP contribution in [0.25, 0.3) is 0 Å². The van der Waals surface area contributed by atoms with E-state index in [0.717, 1.165) is 0 Å². The molecule has 2 bridgehead atoms. The highest BCUT2D eigenvalue weighted by atomic mass is 16.6. The molecule has 1 spiro atoms. The molecule has 156 valence electrons. The Labute approximate surface area is 166 Å². The van der Waals surface area contributed by atoms with Crippen molar-refractivity contribution in [3.8, 4) is 0 Å². The van der Waals surface area contributed by atoms with Crippen LogP contribution in [0.1, 0.15) is 53.4 Å². The van der Waals surface area contributed by atoms with Gasteiger partial charge in [-0.2, -0.15) is 0 Å². The topological polar surface area (TPSA) is 104 Å². The van der Waals surface area contributed by atoms with E-state index in [1.807, 2.05) is 20.8 Å². The predicted molar refractivity (Wildman–Crippen MR) is 101 cm³/mol. The fraction of sp³-hybridized carbons (Fsp3) is 0.818. The molecule has 4 aliphatic carbocycles. The Hall–Kier alpha value is -1.24. The minimum absolute atomic E-state index is 0.145. The van der Waals surface area contributed by atoms with E-state index >= 15 is 0 Å². The van der Waals surface area contributed by atoms with Gasteiger partial charge in [-0.1, -0.05) is 27.4 Å². The molecule has 0 radical (unpaired) electrons. The Balaban J connectivity index is 1.95. The average molecular weight is 392 g/mol. The minimum atomic E-state index is -1.23. The lowest BCUT2D eigenvalue weighted by Gasteiger charge is -2.67. The summed E-state index contributed by atoms with van der Waals surface area (Å²) in [6.07, 6.45) is -1.45. The number of hydrogen-bond acceptors (Lipinski definition) is 6. The van der Waals surface area contributed by atoms with Crippen LogP contribution in [0.3, 0.4) is 0 Å². The summed E-state index contributed by atoms with van der Waals surface area (Å²) in [7, 11) is 0. The van der Waals surface area contributed by atoms with E-state index in [9.17, 15) is 24.9 Å². The number of hydrogen-bond donors (Lipinski definition) is 3. The summed E-state index contributed by atoms with van der Waals surface area (Å²) >= 11 is 0. The highest BCUT2D eigenvalue weighted by Gasteiger charge is 2.76. The molecular weight excluding hydrogens is 360 g/mol. The Kier molecular flexibility index (Phi) is 4.22. The van der Waals surface area contributed by atoms with E-state index in [2.05, 4.69) is 6.58 Å². The third-order valence-electron chi connectivity index (χ3n) is 8.76. The number of carbonyl (C=O) groups is 2. The third kappa shape index (κ3) is 2.20. The summed E-state index contributed by atoms with van der Waals surface area (Å²) in [5, 5.41) is 33.5. The second kappa shape index (κ2) is 5.89. The van der Waals surface area contributed by atoms with E-state index < -0.39 is 52.5 Å². The maximum Gasteiger partial charge on any atom is 0.303 e. The first kappa shape index (κ1) is 20.0. The number of fused-ring (bicyclic) bond motifs is 3. The molecular formula is C22H32O6. The third-order valence-corrected chi connectivity index (χ3v) is 8.76. The summed E-state index contributed by atoms with van der Waals surface area (Å²) in [4.78, 5) is 25.4. The van der Waals surface area contributed by atoms with Gasteiger partial charge in [-0.3, -0.25) is 9.59 Å². The average Bonchev–Trinajstić information content (AvgIpc) is 2.78. The number of ether oxygens (including phenoxy) is 1. The van der Waals surface area contributed by atoms with Crippen molar-refractivity contribution in [2.24, 2.45) is 34.0 Å². The van der Waals surface area contributed by atoms with Crippen molar-refractivity contribution in [3.05, 3.63) is 12.2 Å². The van der Waals surface area contributed by atoms with Crippen LogP contribution in [0.4, 0.5) is 0 Å². The maximum atomic E-state index is 13.4. The van der Waals surface area contributed by atoms with Crippen molar-refractivity contribution < 1.29 is 29.6 Å². The molecule has 0 heterocycles. The Bertz CT molecular complexity index is 743. The van der Waals surface area contributed by atoms with E-state index in [4.69, 9.17) is 4.74 Å². The van der Waals surface area contributed by atoms with Gasteiger partial charge in [-0.25, -0.2) is 0 Å². The maximum absolute atomic E-state index is 13.4. The normalized spacial score (nSPS) is 52.0. The molecule has 9 atom stereocenters. The molecule has 3 N–H and O–H groups in total. The number of Topliss-reactive ketones (excluding diaryl/α,β-unsaturated/α-hetero) is 1. The molecule has 0 aromatic rings. The van der Waals surface area contributed by atoms with Crippen molar-refractivity contribution in [2.45, 2.75) is 77.8 Å². The second-order valence-electron chi connectivity index (χ2n) is 10.5. The molecule has 28 heavy (non-hydrogen) atoms. The lowest BCUT2D eigenvalue weighted by atomic mass is 9.38. The fourth-order valence-electron chi connectivity index (χ4n) is 7.82. The lowest BCUT2D eigenvalue weighted by Crippen LogP contribution is -2.73. The van der Waals surface area contributed by atoms with Crippen LogP contribution in [-0.2, 0) is 14.3 Å². The fourth-order valence-corrected chi connectivity index (χ4v) is 7.82. The second-order valence-corrected chi connectivity index (χ2v) is 10.5. The number of rotatable bonds is 1. The largest absolute Gasteiger partial charge is 0.459 e. The van der Waals surface area contributed by atoms with Crippen LogP contribution in [0, 0.1) is 34.0 Å². The van der Waals surface area contributed by atoms with Crippen molar-refractivity contribution in [1.29, 1.82) is 0 Å². The summed E-state index contributed by atoms with van der Waals surface area (Å²) in [6.45, 7) is 11.2. The molecule has 1 unspecified atom stereocenters. The Morgan fingerprint density at radius 2 is 1.82 bits per heavy atom. The predicted octanol–water partition coefficient (Wildman–Crippen LogP) is 1.61. The molecule has 4 saturated carbocycles. The molecule has 4 aliphatic rings. The van der Waals surface area contributed by atoms with Crippen molar-refractivity contribution in [1.82, 2.24) is 0 Å². The number of aliphatic hydroxyl groups is 3. The Morgan fingerprint density at radius 3 is 2.43 bits per heavy atom. The standard InChI is InChI=1S/C22H32O6/c1-10-12-8-13(24)16-21(5)7-6-14(25)20(3,4)17(21)15(28-11(2)23)19(27)22(16,9-12)18(10)26/h12-17,19,24-25,27H,1,6-9H2,2-5H3/t12-,13+,14+,15-,16?,17-,19+,21-,22+/m1/s1. The number of esters is 1. The quantitative estimate of drug-likeness (QED) is 0.463. The van der Waals surface area contributed by atoms with E-state index in [1.165, 1.54) is 6.92 Å². The number of allylic oxidation sites excluding steroid dienone is 1.